The van der Waals surface area contributed by atoms with Gasteiger partial charge in [-0.1, -0.05) is 11.8 Å². The smallest absolute Gasteiger partial charge is 0.144 e. The summed E-state index contributed by atoms with van der Waals surface area (Å²) >= 11 is 5.11. The highest BCUT2D eigenvalue weighted by Crippen LogP contribution is 2.35. The van der Waals surface area contributed by atoms with E-state index in [9.17, 15) is 0 Å². The van der Waals surface area contributed by atoms with E-state index in [1.165, 1.54) is 0 Å². The Balaban J connectivity index is 2.20. The fraction of sp³-hybridized carbons (Fsp3) is 0.231. The van der Waals surface area contributed by atoms with Crippen molar-refractivity contribution in [1.29, 1.82) is 0 Å². The van der Waals surface area contributed by atoms with Crippen LogP contribution < -0.4 is 10.1 Å². The van der Waals surface area contributed by atoms with Crippen LogP contribution in [-0.2, 0) is 0 Å². The molecule has 0 spiro atoms. The standard InChI is InChI=1S/C13H14BrN3OS/c1-3-15-12-11(14)13(17-8-16-12)19-10-6-4-9(18-2)5-7-10/h4-8H,3H2,1-2H3,(H,15,16,17). The third-order valence-electron chi connectivity index (χ3n) is 2.38. The van der Waals surface area contributed by atoms with Crippen LogP contribution in [0.5, 0.6) is 5.75 Å². The molecule has 0 fully saturated rings. The van der Waals surface area contributed by atoms with Crippen LogP contribution >= 0.6 is 27.7 Å². The number of hydrogen-bond donors (Lipinski definition) is 1. The summed E-state index contributed by atoms with van der Waals surface area (Å²) in [6.45, 7) is 2.85. The molecule has 0 bridgehead atoms. The molecular weight excluding hydrogens is 326 g/mol. The van der Waals surface area contributed by atoms with E-state index in [1.54, 1.807) is 25.2 Å². The Bertz CT molecular complexity index is 548. The van der Waals surface area contributed by atoms with Crippen LogP contribution in [0.15, 0.2) is 45.0 Å². The Hall–Kier alpha value is -1.27. The van der Waals surface area contributed by atoms with Crippen LogP contribution in [-0.4, -0.2) is 23.6 Å². The van der Waals surface area contributed by atoms with Gasteiger partial charge in [0, 0.05) is 11.4 Å². The third-order valence-corrected chi connectivity index (χ3v) is 4.40. The second-order valence-electron chi connectivity index (χ2n) is 3.65. The van der Waals surface area contributed by atoms with Crippen LogP contribution in [0, 0.1) is 0 Å². The molecule has 6 heteroatoms. The lowest BCUT2D eigenvalue weighted by atomic mass is 10.3. The Morgan fingerprint density at radius 1 is 1.26 bits per heavy atom. The highest BCUT2D eigenvalue weighted by molar-refractivity contribution is 9.10. The molecular formula is C13H14BrN3OS. The van der Waals surface area contributed by atoms with Crippen LogP contribution in [0.25, 0.3) is 0 Å². The van der Waals surface area contributed by atoms with E-state index < -0.39 is 0 Å². The van der Waals surface area contributed by atoms with Gasteiger partial charge in [-0.25, -0.2) is 9.97 Å². The average Bonchev–Trinajstić information content (AvgIpc) is 2.44. The van der Waals surface area contributed by atoms with Crippen molar-refractivity contribution >= 4 is 33.5 Å². The molecule has 0 aliphatic rings. The largest absolute Gasteiger partial charge is 0.497 e. The first-order chi connectivity index (χ1) is 9.24. The summed E-state index contributed by atoms with van der Waals surface area (Å²) in [5, 5.41) is 4.07. The van der Waals surface area contributed by atoms with Crippen LogP contribution in [0.1, 0.15) is 6.92 Å². The molecule has 2 aromatic rings. The predicted octanol–water partition coefficient (Wildman–Crippen LogP) is 3.83. The van der Waals surface area contributed by atoms with E-state index in [4.69, 9.17) is 4.74 Å². The molecule has 1 heterocycles. The second-order valence-corrected chi connectivity index (χ2v) is 5.50. The molecule has 0 saturated carbocycles. The summed E-state index contributed by atoms with van der Waals surface area (Å²) < 4.78 is 6.03. The van der Waals surface area contributed by atoms with Gasteiger partial charge in [-0.15, -0.1) is 0 Å². The van der Waals surface area contributed by atoms with Gasteiger partial charge in [-0.2, -0.15) is 0 Å². The van der Waals surface area contributed by atoms with Gasteiger partial charge >= 0.3 is 0 Å². The zero-order chi connectivity index (χ0) is 13.7. The molecule has 1 aromatic heterocycles. The number of nitrogens with one attached hydrogen (secondary N) is 1. The highest BCUT2D eigenvalue weighted by Gasteiger charge is 2.09. The van der Waals surface area contributed by atoms with Crippen molar-refractivity contribution < 1.29 is 4.74 Å². The van der Waals surface area contributed by atoms with Crippen molar-refractivity contribution in [2.24, 2.45) is 0 Å². The average molecular weight is 340 g/mol. The third kappa shape index (κ3) is 3.61. The summed E-state index contributed by atoms with van der Waals surface area (Å²) in [6, 6.07) is 7.88. The van der Waals surface area contributed by atoms with Gasteiger partial charge in [0.25, 0.3) is 0 Å². The number of halogens is 1. The molecule has 0 atom stereocenters. The normalized spacial score (nSPS) is 10.3. The van der Waals surface area contributed by atoms with Crippen molar-refractivity contribution in [3.63, 3.8) is 0 Å². The number of hydrogen-bond acceptors (Lipinski definition) is 5. The summed E-state index contributed by atoms with van der Waals surface area (Å²) in [6.07, 6.45) is 1.56. The number of benzene rings is 1. The maximum absolute atomic E-state index is 5.14. The number of aromatic nitrogens is 2. The lowest BCUT2D eigenvalue weighted by molar-refractivity contribution is 0.414. The first-order valence-electron chi connectivity index (χ1n) is 5.81. The van der Waals surface area contributed by atoms with E-state index in [1.807, 2.05) is 31.2 Å². The minimum Gasteiger partial charge on any atom is -0.497 e. The molecule has 1 N–H and O–H groups in total. The fourth-order valence-corrected chi connectivity index (χ4v) is 2.84. The topological polar surface area (TPSA) is 47.0 Å². The summed E-state index contributed by atoms with van der Waals surface area (Å²) in [5.74, 6) is 1.66. The van der Waals surface area contributed by atoms with Crippen LogP contribution in [0.3, 0.4) is 0 Å². The maximum atomic E-state index is 5.14. The molecule has 19 heavy (non-hydrogen) atoms. The first-order valence-corrected chi connectivity index (χ1v) is 7.41. The molecule has 2 rings (SSSR count). The van der Waals surface area contributed by atoms with Crippen molar-refractivity contribution in [2.75, 3.05) is 19.0 Å². The van der Waals surface area contributed by atoms with E-state index in [0.717, 1.165) is 32.5 Å². The highest BCUT2D eigenvalue weighted by atomic mass is 79.9. The second kappa shape index (κ2) is 6.77. The molecule has 0 saturated heterocycles. The van der Waals surface area contributed by atoms with Crippen LogP contribution in [0.2, 0.25) is 0 Å². The number of rotatable bonds is 5. The van der Waals surface area contributed by atoms with Crippen LogP contribution in [0.4, 0.5) is 5.82 Å². The minimum atomic E-state index is 0.813. The van der Waals surface area contributed by atoms with Gasteiger partial charge in [0.2, 0.25) is 0 Å². The SMILES string of the molecule is CCNc1ncnc(Sc2ccc(OC)cc2)c1Br. The quantitative estimate of drug-likeness (QED) is 0.838. The Morgan fingerprint density at radius 2 is 2.00 bits per heavy atom. The first kappa shape index (κ1) is 14.1. The van der Waals surface area contributed by atoms with Gasteiger partial charge in [0.05, 0.1) is 11.6 Å². The summed E-state index contributed by atoms with van der Waals surface area (Å²) in [5.41, 5.74) is 0. The zero-order valence-corrected chi connectivity index (χ0v) is 13.1. The van der Waals surface area contributed by atoms with E-state index in [0.29, 0.717) is 0 Å². The van der Waals surface area contributed by atoms with E-state index in [2.05, 4.69) is 31.2 Å². The molecule has 0 aliphatic heterocycles. The van der Waals surface area contributed by atoms with Crippen molar-refractivity contribution in [3.05, 3.63) is 35.1 Å². The molecule has 100 valence electrons. The molecule has 0 amide bonds. The Labute approximate surface area is 125 Å². The van der Waals surface area contributed by atoms with Gasteiger partial charge < -0.3 is 10.1 Å². The lowest BCUT2D eigenvalue weighted by Crippen LogP contribution is -2.01. The predicted molar refractivity (Wildman–Crippen MR) is 81.0 cm³/mol. The Kier molecular flexibility index (Phi) is 5.04. The van der Waals surface area contributed by atoms with Gasteiger partial charge in [-0.3, -0.25) is 0 Å². The minimum absolute atomic E-state index is 0.813. The molecule has 0 aliphatic carbocycles. The molecule has 1 aromatic carbocycles. The molecule has 4 nitrogen and oxygen atoms in total. The number of ether oxygens (including phenoxy) is 1. The monoisotopic (exact) mass is 339 g/mol. The van der Waals surface area contributed by atoms with Gasteiger partial charge in [-0.05, 0) is 47.1 Å². The van der Waals surface area contributed by atoms with Crippen molar-refractivity contribution in [1.82, 2.24) is 9.97 Å². The van der Waals surface area contributed by atoms with E-state index >= 15 is 0 Å². The number of methoxy groups -OCH3 is 1. The van der Waals surface area contributed by atoms with Gasteiger partial charge in [0.1, 0.15) is 22.9 Å². The molecule has 0 radical (unpaired) electrons. The van der Waals surface area contributed by atoms with Gasteiger partial charge in [0.15, 0.2) is 0 Å². The molecule has 0 unspecified atom stereocenters. The number of anilines is 1. The summed E-state index contributed by atoms with van der Waals surface area (Å²) in [7, 11) is 1.66. The zero-order valence-electron chi connectivity index (χ0n) is 10.7. The van der Waals surface area contributed by atoms with E-state index in [-0.39, 0.29) is 0 Å². The Morgan fingerprint density at radius 3 is 2.63 bits per heavy atom. The summed E-state index contributed by atoms with van der Waals surface area (Å²) in [4.78, 5) is 9.59. The van der Waals surface area contributed by atoms with Crippen molar-refractivity contribution in [3.8, 4) is 5.75 Å². The number of nitrogens with zero attached hydrogens (tertiary/aromatic N) is 2. The fourth-order valence-electron chi connectivity index (χ4n) is 1.47. The maximum Gasteiger partial charge on any atom is 0.144 e. The van der Waals surface area contributed by atoms with Crippen molar-refractivity contribution in [2.45, 2.75) is 16.8 Å². The lowest BCUT2D eigenvalue weighted by Gasteiger charge is -2.08.